The van der Waals surface area contributed by atoms with Gasteiger partial charge in [-0.25, -0.2) is 4.98 Å². The smallest absolute Gasteiger partial charge is 0.256 e. The number of aromatic nitrogens is 1. The Hall–Kier alpha value is -3.63. The van der Waals surface area contributed by atoms with Gasteiger partial charge in [-0.1, -0.05) is 67.9 Å². The first kappa shape index (κ1) is 21.2. The minimum atomic E-state index is -0.221. The summed E-state index contributed by atoms with van der Waals surface area (Å²) in [5, 5.41) is 5.30. The van der Waals surface area contributed by atoms with Gasteiger partial charge in [-0.3, -0.25) is 4.79 Å². The second-order valence-corrected chi connectivity index (χ2v) is 8.64. The molecule has 0 aliphatic rings. The van der Waals surface area contributed by atoms with Crippen molar-refractivity contribution in [3.05, 3.63) is 95.0 Å². The Balaban J connectivity index is 1.47. The first-order valence-corrected chi connectivity index (χ1v) is 11.4. The molecule has 0 aliphatic heterocycles. The topological polar surface area (TPSA) is 55.1 Å². The number of rotatable bonds is 5. The van der Waals surface area contributed by atoms with Crippen molar-refractivity contribution >= 4 is 45.1 Å². The Bertz CT molecular complexity index is 1480. The molecule has 0 aliphatic carbocycles. The lowest BCUT2D eigenvalue weighted by Gasteiger charge is -2.10. The van der Waals surface area contributed by atoms with Gasteiger partial charge in [-0.15, -0.1) is 0 Å². The number of amides is 1. The van der Waals surface area contributed by atoms with Crippen LogP contribution in [0.4, 0.5) is 5.69 Å². The summed E-state index contributed by atoms with van der Waals surface area (Å²) in [7, 11) is 0. The molecule has 1 N–H and O–H groups in total. The summed E-state index contributed by atoms with van der Waals surface area (Å²) < 4.78 is 6.00. The van der Waals surface area contributed by atoms with Crippen molar-refractivity contribution < 1.29 is 9.21 Å². The van der Waals surface area contributed by atoms with Crippen LogP contribution >= 0.6 is 11.6 Å². The molecular weight excluding hydrogens is 432 g/mol. The molecule has 33 heavy (non-hydrogen) atoms. The van der Waals surface area contributed by atoms with Crippen molar-refractivity contribution in [1.82, 2.24) is 4.98 Å². The number of halogens is 1. The molecule has 1 aromatic heterocycles. The van der Waals surface area contributed by atoms with E-state index in [1.807, 2.05) is 54.6 Å². The van der Waals surface area contributed by atoms with Crippen molar-refractivity contribution in [2.75, 3.05) is 5.32 Å². The molecule has 0 saturated carbocycles. The Kier molecular flexibility index (Phi) is 5.61. The highest BCUT2D eigenvalue weighted by molar-refractivity contribution is 6.34. The molecule has 4 nitrogen and oxygen atoms in total. The van der Waals surface area contributed by atoms with Gasteiger partial charge in [0.25, 0.3) is 5.91 Å². The van der Waals surface area contributed by atoms with Crippen LogP contribution in [0.3, 0.4) is 0 Å². The first-order valence-electron chi connectivity index (χ1n) is 11.0. The highest BCUT2D eigenvalue weighted by Crippen LogP contribution is 2.32. The number of hydrogen-bond acceptors (Lipinski definition) is 3. The van der Waals surface area contributed by atoms with Crippen molar-refractivity contribution in [2.24, 2.45) is 0 Å². The van der Waals surface area contributed by atoms with Crippen LogP contribution in [0.5, 0.6) is 0 Å². The third-order valence-corrected chi connectivity index (χ3v) is 6.42. The van der Waals surface area contributed by atoms with Crippen molar-refractivity contribution in [3.63, 3.8) is 0 Å². The predicted molar refractivity (Wildman–Crippen MR) is 135 cm³/mol. The van der Waals surface area contributed by atoms with Crippen LogP contribution in [0.1, 0.15) is 42.1 Å². The number of hydrogen-bond donors (Lipinski definition) is 1. The molecule has 0 bridgehead atoms. The lowest BCUT2D eigenvalue weighted by Crippen LogP contribution is -2.12. The fourth-order valence-electron chi connectivity index (χ4n) is 3.98. The molecule has 1 amide bonds. The maximum absolute atomic E-state index is 13.1. The van der Waals surface area contributed by atoms with E-state index >= 15 is 0 Å². The molecule has 0 saturated heterocycles. The Morgan fingerprint density at radius 3 is 2.70 bits per heavy atom. The van der Waals surface area contributed by atoms with Gasteiger partial charge in [-0.05, 0) is 65.1 Å². The van der Waals surface area contributed by atoms with Gasteiger partial charge in [0.2, 0.25) is 5.89 Å². The van der Waals surface area contributed by atoms with Crippen LogP contribution in [-0.2, 0) is 0 Å². The fourth-order valence-corrected chi connectivity index (χ4v) is 4.14. The van der Waals surface area contributed by atoms with Gasteiger partial charge in [0, 0.05) is 11.1 Å². The van der Waals surface area contributed by atoms with Crippen LogP contribution in [0.15, 0.2) is 83.3 Å². The quantitative estimate of drug-likeness (QED) is 0.292. The molecule has 0 radical (unpaired) electrons. The van der Waals surface area contributed by atoms with Crippen LogP contribution in [0.25, 0.3) is 33.3 Å². The van der Waals surface area contributed by atoms with E-state index < -0.39 is 0 Å². The molecule has 0 fully saturated rings. The zero-order valence-corrected chi connectivity index (χ0v) is 19.2. The Morgan fingerprint density at radius 1 is 1.03 bits per heavy atom. The molecule has 5 heteroatoms. The maximum Gasteiger partial charge on any atom is 0.256 e. The van der Waals surface area contributed by atoms with E-state index in [1.54, 1.807) is 12.1 Å². The summed E-state index contributed by atoms with van der Waals surface area (Å²) >= 11 is 6.42. The van der Waals surface area contributed by atoms with Crippen molar-refractivity contribution in [1.29, 1.82) is 0 Å². The third kappa shape index (κ3) is 4.10. The predicted octanol–water partition coefficient (Wildman–Crippen LogP) is 8.07. The normalized spacial score (nSPS) is 12.2. The Labute approximate surface area is 197 Å². The van der Waals surface area contributed by atoms with Crippen LogP contribution in [-0.4, -0.2) is 10.9 Å². The second kappa shape index (κ2) is 8.72. The average Bonchev–Trinajstić information content (AvgIpc) is 3.28. The van der Waals surface area contributed by atoms with Gasteiger partial charge >= 0.3 is 0 Å². The van der Waals surface area contributed by atoms with E-state index in [2.05, 4.69) is 36.3 Å². The summed E-state index contributed by atoms with van der Waals surface area (Å²) in [6, 6.07) is 25.0. The largest absolute Gasteiger partial charge is 0.436 e. The molecule has 5 rings (SSSR count). The lowest BCUT2D eigenvalue weighted by atomic mass is 9.98. The van der Waals surface area contributed by atoms with Gasteiger partial charge in [0.15, 0.2) is 5.58 Å². The number of nitrogens with zero attached hydrogens (tertiary/aromatic N) is 1. The summed E-state index contributed by atoms with van der Waals surface area (Å²) in [6.07, 6.45) is 1.06. The number of anilines is 1. The third-order valence-electron chi connectivity index (χ3n) is 6.09. The number of benzene rings is 4. The highest BCUT2D eigenvalue weighted by atomic mass is 35.5. The van der Waals surface area contributed by atoms with Crippen LogP contribution in [0, 0.1) is 0 Å². The number of oxazole rings is 1. The number of carbonyl (C=O) groups is 1. The first-order chi connectivity index (χ1) is 16.0. The van der Waals surface area contributed by atoms with E-state index in [0.717, 1.165) is 33.9 Å². The highest BCUT2D eigenvalue weighted by Gasteiger charge is 2.15. The van der Waals surface area contributed by atoms with Crippen LogP contribution in [0.2, 0.25) is 5.02 Å². The minimum absolute atomic E-state index is 0.221. The molecule has 0 unspecified atom stereocenters. The average molecular weight is 455 g/mol. The van der Waals surface area contributed by atoms with Crippen LogP contribution < -0.4 is 5.32 Å². The molecule has 0 spiro atoms. The fraction of sp³-hybridized carbons (Fsp3) is 0.143. The summed E-state index contributed by atoms with van der Waals surface area (Å²) in [6.45, 7) is 4.37. The second-order valence-electron chi connectivity index (χ2n) is 8.23. The molecule has 1 atom stereocenters. The molecule has 164 valence electrons. The SMILES string of the molecule is CC[C@@H](C)c1ccc2oc(-c3ccc(Cl)c(NC(=O)c4cccc5ccccc45)c3)nc2c1. The van der Waals surface area contributed by atoms with Crippen molar-refractivity contribution in [3.8, 4) is 11.5 Å². The van der Waals surface area contributed by atoms with E-state index in [1.165, 1.54) is 5.56 Å². The molecule has 5 aromatic rings. The number of fused-ring (bicyclic) bond motifs is 2. The van der Waals surface area contributed by atoms with E-state index in [4.69, 9.17) is 16.0 Å². The van der Waals surface area contributed by atoms with E-state index in [0.29, 0.717) is 28.1 Å². The maximum atomic E-state index is 13.1. The van der Waals surface area contributed by atoms with Gasteiger partial charge in [-0.2, -0.15) is 0 Å². The van der Waals surface area contributed by atoms with Gasteiger partial charge in [0.05, 0.1) is 10.7 Å². The van der Waals surface area contributed by atoms with Gasteiger partial charge < -0.3 is 9.73 Å². The molecular formula is C28H23ClN2O2. The Morgan fingerprint density at radius 2 is 1.85 bits per heavy atom. The lowest BCUT2D eigenvalue weighted by molar-refractivity contribution is 0.102. The summed E-state index contributed by atoms with van der Waals surface area (Å²) in [4.78, 5) is 17.8. The molecule has 1 heterocycles. The zero-order chi connectivity index (χ0) is 22.9. The van der Waals surface area contributed by atoms with Crippen molar-refractivity contribution in [2.45, 2.75) is 26.2 Å². The standard InChI is InChI=1S/C28H23ClN2O2/c1-3-17(2)19-12-14-26-25(15-19)31-28(33-26)20-11-13-23(29)24(16-20)30-27(32)22-10-6-8-18-7-4-5-9-21(18)22/h4-17H,3H2,1-2H3,(H,30,32)/t17-/m1/s1. The number of carbonyl (C=O) groups excluding carboxylic acids is 1. The zero-order valence-electron chi connectivity index (χ0n) is 18.4. The minimum Gasteiger partial charge on any atom is -0.436 e. The number of nitrogens with one attached hydrogen (secondary N) is 1. The molecule has 4 aromatic carbocycles. The summed E-state index contributed by atoms with van der Waals surface area (Å²) in [5.74, 6) is 0.728. The van der Waals surface area contributed by atoms with E-state index in [9.17, 15) is 4.79 Å². The monoisotopic (exact) mass is 454 g/mol. The van der Waals surface area contributed by atoms with Gasteiger partial charge in [0.1, 0.15) is 5.52 Å². The summed E-state index contributed by atoms with van der Waals surface area (Å²) in [5.41, 5.74) is 4.63. The van der Waals surface area contributed by atoms with E-state index in [-0.39, 0.29) is 5.91 Å².